The van der Waals surface area contributed by atoms with Gasteiger partial charge in [-0.3, -0.25) is 0 Å². The lowest BCUT2D eigenvalue weighted by atomic mass is 9.89. The lowest BCUT2D eigenvalue weighted by Crippen LogP contribution is -2.33. The van der Waals surface area contributed by atoms with E-state index < -0.39 is 0 Å². The van der Waals surface area contributed by atoms with Crippen molar-refractivity contribution in [2.45, 2.75) is 38.8 Å². The highest BCUT2D eigenvalue weighted by Crippen LogP contribution is 2.33. The van der Waals surface area contributed by atoms with Gasteiger partial charge in [-0.25, -0.2) is 4.68 Å². The van der Waals surface area contributed by atoms with Gasteiger partial charge in [-0.15, -0.1) is 6.58 Å². The molecule has 1 atom stereocenters. The number of rotatable bonds is 3. The van der Waals surface area contributed by atoms with Crippen molar-refractivity contribution in [3.63, 3.8) is 0 Å². The van der Waals surface area contributed by atoms with E-state index in [1.54, 1.807) is 6.08 Å². The molecule has 4 nitrogen and oxygen atoms in total. The Morgan fingerprint density at radius 3 is 3.06 bits per heavy atom. The normalized spacial score (nSPS) is 19.6. The van der Waals surface area contributed by atoms with Crippen molar-refractivity contribution in [2.24, 2.45) is 0 Å². The number of fused-ring (bicyclic) bond motifs is 1. The Morgan fingerprint density at radius 1 is 1.65 bits per heavy atom. The minimum atomic E-state index is 0.0579. The first-order valence-electron chi connectivity index (χ1n) is 5.94. The van der Waals surface area contributed by atoms with Crippen LogP contribution in [0.3, 0.4) is 0 Å². The molecular formula is C13H20N2O2. The fourth-order valence-electron chi connectivity index (χ4n) is 1.89. The van der Waals surface area contributed by atoms with Crippen LogP contribution in [0.15, 0.2) is 18.9 Å². The highest BCUT2D eigenvalue weighted by molar-refractivity contribution is 5.32. The second kappa shape index (κ2) is 4.53. The average molecular weight is 236 g/mol. The minimum absolute atomic E-state index is 0.0579. The summed E-state index contributed by atoms with van der Waals surface area (Å²) in [6.45, 7) is 12.0. The largest absolute Gasteiger partial charge is 0.475 e. The third-order valence-corrected chi connectivity index (χ3v) is 2.83. The molecule has 0 saturated heterocycles. The molecule has 0 saturated carbocycles. The third-order valence-electron chi connectivity index (χ3n) is 2.83. The number of nitrogens with zero attached hydrogens (tertiary/aromatic N) is 2. The van der Waals surface area contributed by atoms with Gasteiger partial charge < -0.3 is 9.47 Å². The second-order valence-corrected chi connectivity index (χ2v) is 5.35. The molecule has 1 aromatic heterocycles. The molecule has 1 aliphatic rings. The highest BCUT2D eigenvalue weighted by Gasteiger charge is 2.28. The van der Waals surface area contributed by atoms with Gasteiger partial charge in [0, 0.05) is 5.56 Å². The molecule has 17 heavy (non-hydrogen) atoms. The monoisotopic (exact) mass is 236 g/mol. The Kier molecular flexibility index (Phi) is 3.24. The van der Waals surface area contributed by atoms with Crippen molar-refractivity contribution in [2.75, 3.05) is 13.2 Å². The molecule has 0 spiro atoms. The summed E-state index contributed by atoms with van der Waals surface area (Å²) in [6.07, 6.45) is 3.71. The Morgan fingerprint density at radius 2 is 2.41 bits per heavy atom. The van der Waals surface area contributed by atoms with E-state index in [9.17, 15) is 0 Å². The van der Waals surface area contributed by atoms with E-state index in [1.165, 1.54) is 0 Å². The predicted octanol–water partition coefficient (Wildman–Crippen LogP) is 2.14. The van der Waals surface area contributed by atoms with Gasteiger partial charge in [-0.1, -0.05) is 26.8 Å². The SMILES string of the molecule is C=CCOC1COc2c(C(C)(C)C)cnn2C1. The third kappa shape index (κ3) is 2.52. The quantitative estimate of drug-likeness (QED) is 0.754. The molecule has 0 N–H and O–H groups in total. The fraction of sp³-hybridized carbons (Fsp3) is 0.615. The molecule has 94 valence electrons. The van der Waals surface area contributed by atoms with E-state index in [0.29, 0.717) is 13.2 Å². The molecule has 0 fully saturated rings. The Hall–Kier alpha value is -1.29. The molecule has 1 aromatic rings. The molecule has 0 amide bonds. The maximum absolute atomic E-state index is 5.77. The van der Waals surface area contributed by atoms with E-state index in [-0.39, 0.29) is 11.5 Å². The smallest absolute Gasteiger partial charge is 0.215 e. The topological polar surface area (TPSA) is 36.3 Å². The number of ether oxygens (including phenoxy) is 2. The van der Waals surface area contributed by atoms with Crippen LogP contribution in [0.2, 0.25) is 0 Å². The summed E-state index contributed by atoms with van der Waals surface area (Å²) >= 11 is 0. The zero-order valence-corrected chi connectivity index (χ0v) is 10.8. The van der Waals surface area contributed by atoms with Crippen LogP contribution in [0, 0.1) is 0 Å². The van der Waals surface area contributed by atoms with Gasteiger partial charge >= 0.3 is 0 Å². The van der Waals surface area contributed by atoms with Gasteiger partial charge in [0.05, 0.1) is 19.3 Å². The molecular weight excluding hydrogens is 216 g/mol. The Bertz CT molecular complexity index is 404. The molecule has 2 rings (SSSR count). The van der Waals surface area contributed by atoms with E-state index in [4.69, 9.17) is 9.47 Å². The van der Waals surface area contributed by atoms with Gasteiger partial charge in [0.15, 0.2) is 0 Å². The van der Waals surface area contributed by atoms with Crippen molar-refractivity contribution in [1.29, 1.82) is 0 Å². The van der Waals surface area contributed by atoms with E-state index in [1.807, 2.05) is 10.9 Å². The summed E-state index contributed by atoms with van der Waals surface area (Å²) in [5, 5.41) is 4.37. The zero-order chi connectivity index (χ0) is 12.5. The molecule has 0 aliphatic carbocycles. The lowest BCUT2D eigenvalue weighted by Gasteiger charge is -2.27. The first-order chi connectivity index (χ1) is 8.02. The van der Waals surface area contributed by atoms with Crippen LogP contribution >= 0.6 is 0 Å². The van der Waals surface area contributed by atoms with Gasteiger partial charge in [0.25, 0.3) is 0 Å². The molecule has 2 heterocycles. The first kappa shape index (κ1) is 12.2. The number of hydrogen-bond donors (Lipinski definition) is 0. The fourth-order valence-corrected chi connectivity index (χ4v) is 1.89. The summed E-state index contributed by atoms with van der Waals surface area (Å²) in [5.74, 6) is 0.885. The van der Waals surface area contributed by atoms with Crippen LogP contribution in [0.4, 0.5) is 0 Å². The summed E-state index contributed by atoms with van der Waals surface area (Å²) in [4.78, 5) is 0. The average Bonchev–Trinajstić information content (AvgIpc) is 2.68. The maximum Gasteiger partial charge on any atom is 0.215 e. The van der Waals surface area contributed by atoms with Crippen LogP contribution in [0.1, 0.15) is 26.3 Å². The molecule has 0 bridgehead atoms. The standard InChI is InChI=1S/C13H20N2O2/c1-5-6-16-10-8-15-12(17-9-10)11(7-14-15)13(2,3)4/h5,7,10H,1,6,8-9H2,2-4H3. The van der Waals surface area contributed by atoms with Crippen LogP contribution < -0.4 is 4.74 Å². The summed E-state index contributed by atoms with van der Waals surface area (Å²) < 4.78 is 13.2. The molecule has 1 unspecified atom stereocenters. The summed E-state index contributed by atoms with van der Waals surface area (Å²) in [7, 11) is 0. The second-order valence-electron chi connectivity index (χ2n) is 5.35. The van der Waals surface area contributed by atoms with Gasteiger partial charge in [0.1, 0.15) is 12.7 Å². The molecule has 0 aromatic carbocycles. The first-order valence-corrected chi connectivity index (χ1v) is 5.94. The molecule has 0 radical (unpaired) electrons. The predicted molar refractivity (Wildman–Crippen MR) is 66.4 cm³/mol. The van der Waals surface area contributed by atoms with Crippen LogP contribution in [0.25, 0.3) is 0 Å². The van der Waals surface area contributed by atoms with Crippen molar-refractivity contribution in [3.05, 3.63) is 24.4 Å². The lowest BCUT2D eigenvalue weighted by molar-refractivity contribution is -0.0000426. The number of aromatic nitrogens is 2. The van der Waals surface area contributed by atoms with E-state index in [2.05, 4.69) is 32.4 Å². The Labute approximate surface area is 102 Å². The Balaban J connectivity index is 2.13. The van der Waals surface area contributed by atoms with Gasteiger partial charge in [-0.05, 0) is 5.41 Å². The maximum atomic E-state index is 5.77. The van der Waals surface area contributed by atoms with Crippen LogP contribution in [-0.4, -0.2) is 29.1 Å². The minimum Gasteiger partial charge on any atom is -0.475 e. The van der Waals surface area contributed by atoms with Gasteiger partial charge in [0.2, 0.25) is 5.88 Å². The molecule has 1 aliphatic heterocycles. The summed E-state index contributed by atoms with van der Waals surface area (Å²) in [6, 6.07) is 0. The highest BCUT2D eigenvalue weighted by atomic mass is 16.5. The molecule has 4 heteroatoms. The van der Waals surface area contributed by atoms with Crippen LogP contribution in [-0.2, 0) is 16.7 Å². The van der Waals surface area contributed by atoms with E-state index >= 15 is 0 Å². The van der Waals surface area contributed by atoms with Crippen LogP contribution in [0.5, 0.6) is 5.88 Å². The van der Waals surface area contributed by atoms with E-state index in [0.717, 1.165) is 18.0 Å². The van der Waals surface area contributed by atoms with Crippen molar-refractivity contribution < 1.29 is 9.47 Å². The van der Waals surface area contributed by atoms with Crippen molar-refractivity contribution in [1.82, 2.24) is 9.78 Å². The summed E-state index contributed by atoms with van der Waals surface area (Å²) in [5.41, 5.74) is 1.21. The number of hydrogen-bond acceptors (Lipinski definition) is 3. The van der Waals surface area contributed by atoms with Crippen molar-refractivity contribution in [3.8, 4) is 5.88 Å². The van der Waals surface area contributed by atoms with Crippen molar-refractivity contribution >= 4 is 0 Å². The van der Waals surface area contributed by atoms with Gasteiger partial charge in [-0.2, -0.15) is 5.10 Å². The zero-order valence-electron chi connectivity index (χ0n) is 10.8.